The van der Waals surface area contributed by atoms with Gasteiger partial charge in [0.15, 0.2) is 10.6 Å². The van der Waals surface area contributed by atoms with E-state index >= 15 is 0 Å². The van der Waals surface area contributed by atoms with Crippen LogP contribution in [0.15, 0.2) is 48.5 Å². The number of amides is 1. The number of benzene rings is 2. The van der Waals surface area contributed by atoms with Gasteiger partial charge < -0.3 is 15.1 Å². The number of rotatable bonds is 5. The molecule has 0 atom stereocenters. The van der Waals surface area contributed by atoms with Crippen molar-refractivity contribution in [2.75, 3.05) is 43.4 Å². The molecule has 1 aliphatic rings. The van der Waals surface area contributed by atoms with Gasteiger partial charge in [0.1, 0.15) is 6.54 Å². The summed E-state index contributed by atoms with van der Waals surface area (Å²) in [5, 5.41) is 10.1. The molecule has 8 heteroatoms. The zero-order valence-electron chi connectivity index (χ0n) is 17.3. The summed E-state index contributed by atoms with van der Waals surface area (Å²) in [6, 6.07) is 16.0. The molecule has 2 N–H and O–H groups in total. The summed E-state index contributed by atoms with van der Waals surface area (Å²) in [5.41, 5.74) is 3.99. The number of likely N-dealkylation sites (N-methyl/N-ethyl adjacent to an activating group) is 1. The molecule has 0 bridgehead atoms. The number of nitrogens with zero attached hydrogens (tertiary/aromatic N) is 4. The van der Waals surface area contributed by atoms with E-state index in [0.29, 0.717) is 10.6 Å². The second-order valence-corrected chi connectivity index (χ2v) is 8.08. The lowest BCUT2D eigenvalue weighted by Crippen LogP contribution is -2.44. The van der Waals surface area contributed by atoms with Crippen LogP contribution in [0.5, 0.6) is 0 Å². The first-order valence-corrected chi connectivity index (χ1v) is 10.5. The average molecular weight is 423 g/mol. The molecule has 1 fully saturated rings. The molecule has 0 aliphatic carbocycles. The predicted octanol–water partition coefficient (Wildman–Crippen LogP) is 3.31. The van der Waals surface area contributed by atoms with E-state index in [1.165, 1.54) is 5.69 Å². The summed E-state index contributed by atoms with van der Waals surface area (Å²) < 4.78 is 2.14. The highest BCUT2D eigenvalue weighted by atomic mass is 32.1. The number of anilines is 2. The molecular formula is C22H26N6OS. The largest absolute Gasteiger partial charge is 0.369 e. The highest BCUT2D eigenvalue weighted by Crippen LogP contribution is 2.21. The molecule has 1 aromatic heterocycles. The minimum absolute atomic E-state index is 0.0961. The highest BCUT2D eigenvalue weighted by molar-refractivity contribution is 7.71. The van der Waals surface area contributed by atoms with Gasteiger partial charge in [0, 0.05) is 43.1 Å². The van der Waals surface area contributed by atoms with E-state index in [1.807, 2.05) is 43.3 Å². The average Bonchev–Trinajstić information content (AvgIpc) is 3.09. The maximum atomic E-state index is 12.7. The Labute approximate surface area is 181 Å². The highest BCUT2D eigenvalue weighted by Gasteiger charge is 2.15. The Kier molecular flexibility index (Phi) is 5.96. The number of hydrogen-bond donors (Lipinski definition) is 2. The fourth-order valence-electron chi connectivity index (χ4n) is 3.63. The SMILES string of the molecule is Cc1cccc(-c2n[nH]c(=S)n2CC(=O)Nc2ccc(N3CCN(C)CC3)cc2)c1. The zero-order chi connectivity index (χ0) is 21.1. The third-order valence-electron chi connectivity index (χ3n) is 5.36. The fraction of sp³-hybridized carbons (Fsp3) is 0.318. The van der Waals surface area contributed by atoms with Crippen molar-refractivity contribution >= 4 is 29.5 Å². The van der Waals surface area contributed by atoms with Crippen LogP contribution in [0.3, 0.4) is 0 Å². The molecule has 30 heavy (non-hydrogen) atoms. The van der Waals surface area contributed by atoms with E-state index in [0.717, 1.165) is 43.0 Å². The summed E-state index contributed by atoms with van der Waals surface area (Å²) in [6.07, 6.45) is 0. The van der Waals surface area contributed by atoms with Gasteiger partial charge in [-0.25, -0.2) is 0 Å². The summed E-state index contributed by atoms with van der Waals surface area (Å²) in [6.45, 7) is 6.28. The summed E-state index contributed by atoms with van der Waals surface area (Å²) in [7, 11) is 2.15. The molecule has 1 aliphatic heterocycles. The van der Waals surface area contributed by atoms with E-state index in [-0.39, 0.29) is 12.5 Å². The van der Waals surface area contributed by atoms with Crippen LogP contribution in [0.25, 0.3) is 11.4 Å². The number of aryl methyl sites for hydroxylation is 1. The van der Waals surface area contributed by atoms with Gasteiger partial charge in [0.25, 0.3) is 0 Å². The number of aromatic nitrogens is 3. The van der Waals surface area contributed by atoms with Gasteiger partial charge in [0.2, 0.25) is 5.91 Å². The van der Waals surface area contributed by atoms with Gasteiger partial charge >= 0.3 is 0 Å². The van der Waals surface area contributed by atoms with Crippen LogP contribution in [-0.2, 0) is 11.3 Å². The van der Waals surface area contributed by atoms with Crippen molar-refractivity contribution in [3.8, 4) is 11.4 Å². The summed E-state index contributed by atoms with van der Waals surface area (Å²) >= 11 is 5.34. The van der Waals surface area contributed by atoms with Crippen LogP contribution < -0.4 is 10.2 Å². The maximum Gasteiger partial charge on any atom is 0.244 e. The van der Waals surface area contributed by atoms with Gasteiger partial charge in [-0.05, 0) is 56.5 Å². The summed E-state index contributed by atoms with van der Waals surface area (Å²) in [4.78, 5) is 17.4. The van der Waals surface area contributed by atoms with Crippen LogP contribution in [0.1, 0.15) is 5.56 Å². The molecule has 2 aromatic carbocycles. The lowest BCUT2D eigenvalue weighted by atomic mass is 10.1. The first-order chi connectivity index (χ1) is 14.5. The number of hydrogen-bond acceptors (Lipinski definition) is 5. The Hall–Kier alpha value is -2.97. The second-order valence-electron chi connectivity index (χ2n) is 7.69. The van der Waals surface area contributed by atoms with Crippen molar-refractivity contribution in [2.24, 2.45) is 0 Å². The zero-order valence-corrected chi connectivity index (χ0v) is 18.1. The monoisotopic (exact) mass is 422 g/mol. The van der Waals surface area contributed by atoms with E-state index in [2.05, 4.69) is 44.5 Å². The Bertz CT molecular complexity index is 1080. The molecular weight excluding hydrogens is 396 g/mol. The van der Waals surface area contributed by atoms with Gasteiger partial charge in [-0.2, -0.15) is 5.10 Å². The molecule has 7 nitrogen and oxygen atoms in total. The van der Waals surface area contributed by atoms with Crippen molar-refractivity contribution < 1.29 is 4.79 Å². The molecule has 156 valence electrons. The maximum absolute atomic E-state index is 12.7. The first kappa shape index (κ1) is 20.3. The van der Waals surface area contributed by atoms with Crippen molar-refractivity contribution in [1.29, 1.82) is 0 Å². The van der Waals surface area contributed by atoms with Gasteiger partial charge in [-0.1, -0.05) is 23.8 Å². The number of carbonyl (C=O) groups excluding carboxylic acids is 1. The molecule has 1 saturated heterocycles. The Morgan fingerprint density at radius 1 is 1.13 bits per heavy atom. The van der Waals surface area contributed by atoms with Crippen LogP contribution >= 0.6 is 12.2 Å². The first-order valence-electron chi connectivity index (χ1n) is 10.1. The van der Waals surface area contributed by atoms with E-state index in [4.69, 9.17) is 12.2 Å². The van der Waals surface area contributed by atoms with E-state index in [9.17, 15) is 4.79 Å². The molecule has 1 amide bonds. The van der Waals surface area contributed by atoms with Crippen LogP contribution in [-0.4, -0.2) is 58.8 Å². The van der Waals surface area contributed by atoms with E-state index < -0.39 is 0 Å². The van der Waals surface area contributed by atoms with E-state index in [1.54, 1.807) is 4.57 Å². The minimum Gasteiger partial charge on any atom is -0.369 e. The van der Waals surface area contributed by atoms with Gasteiger partial charge in [-0.3, -0.25) is 14.5 Å². The molecule has 0 radical (unpaired) electrons. The van der Waals surface area contributed by atoms with Crippen molar-refractivity contribution in [1.82, 2.24) is 19.7 Å². The normalized spacial score (nSPS) is 14.7. The Morgan fingerprint density at radius 2 is 1.87 bits per heavy atom. The fourth-order valence-corrected chi connectivity index (χ4v) is 3.83. The smallest absolute Gasteiger partial charge is 0.244 e. The van der Waals surface area contributed by atoms with Crippen molar-refractivity contribution in [2.45, 2.75) is 13.5 Å². The number of H-pyrrole nitrogens is 1. The molecule has 0 spiro atoms. The standard InChI is InChI=1S/C22H26N6OS/c1-16-4-3-5-17(14-16)21-24-25-22(30)28(21)15-20(29)23-18-6-8-19(9-7-18)27-12-10-26(2)11-13-27/h3-9,14H,10-13,15H2,1-2H3,(H,23,29)(H,25,30). The van der Waals surface area contributed by atoms with Crippen LogP contribution in [0.4, 0.5) is 11.4 Å². The minimum atomic E-state index is -0.145. The van der Waals surface area contributed by atoms with Crippen molar-refractivity contribution in [3.05, 3.63) is 58.9 Å². The molecule has 2 heterocycles. The predicted molar refractivity (Wildman–Crippen MR) is 122 cm³/mol. The van der Waals surface area contributed by atoms with Crippen LogP contribution in [0, 0.1) is 11.7 Å². The third-order valence-corrected chi connectivity index (χ3v) is 5.67. The third kappa shape index (κ3) is 4.60. The molecule has 4 rings (SSSR count). The van der Waals surface area contributed by atoms with Gasteiger partial charge in [-0.15, -0.1) is 0 Å². The number of nitrogens with one attached hydrogen (secondary N) is 2. The number of aromatic amines is 1. The molecule has 0 saturated carbocycles. The Morgan fingerprint density at radius 3 is 2.57 bits per heavy atom. The molecule has 3 aromatic rings. The quantitative estimate of drug-likeness (QED) is 0.618. The number of piperazine rings is 1. The Balaban J connectivity index is 1.43. The van der Waals surface area contributed by atoms with Crippen molar-refractivity contribution in [3.63, 3.8) is 0 Å². The van der Waals surface area contributed by atoms with Crippen LogP contribution in [0.2, 0.25) is 0 Å². The summed E-state index contributed by atoms with van der Waals surface area (Å²) in [5.74, 6) is 0.512. The lowest BCUT2D eigenvalue weighted by molar-refractivity contribution is -0.116. The number of carbonyl (C=O) groups is 1. The molecule has 0 unspecified atom stereocenters. The lowest BCUT2D eigenvalue weighted by Gasteiger charge is -2.34. The topological polar surface area (TPSA) is 69.2 Å². The van der Waals surface area contributed by atoms with Gasteiger partial charge in [0.05, 0.1) is 0 Å². The second kappa shape index (κ2) is 8.81.